The third kappa shape index (κ3) is 8.09. The lowest BCUT2D eigenvalue weighted by Crippen LogP contribution is -1.79. The van der Waals surface area contributed by atoms with Gasteiger partial charge in [0, 0.05) is 6.26 Å². The van der Waals surface area contributed by atoms with Crippen LogP contribution in [0.15, 0.2) is 12.2 Å². The minimum atomic E-state index is 1.18. The van der Waals surface area contributed by atoms with E-state index < -0.39 is 0 Å². The van der Waals surface area contributed by atoms with E-state index in [-0.39, 0.29) is 0 Å². The van der Waals surface area contributed by atoms with E-state index in [4.69, 9.17) is 0 Å². The monoisotopic (exact) mass is 143 g/mol. The Morgan fingerprint density at radius 1 is 1.44 bits per heavy atom. The Morgan fingerprint density at radius 2 is 2.11 bits per heavy atom. The van der Waals surface area contributed by atoms with Gasteiger partial charge in [-0.25, -0.2) is 0 Å². The van der Waals surface area contributed by atoms with Gasteiger partial charge in [-0.3, -0.25) is 0 Å². The molecule has 9 heavy (non-hydrogen) atoms. The normalized spacial score (nSPS) is 9.56. The summed E-state index contributed by atoms with van der Waals surface area (Å²) in [6.07, 6.45) is 7.43. The predicted molar refractivity (Wildman–Crippen MR) is 46.5 cm³/mol. The van der Waals surface area contributed by atoms with Crippen LogP contribution in [0.2, 0.25) is 0 Å². The Morgan fingerprint density at radius 3 is 2.56 bits per heavy atom. The fraction of sp³-hybridized carbons (Fsp3) is 0.625. The third-order valence-electron chi connectivity index (χ3n) is 1.14. The van der Waals surface area contributed by atoms with Crippen molar-refractivity contribution in [2.45, 2.75) is 26.2 Å². The maximum Gasteiger partial charge on any atom is 0.00235 e. The van der Waals surface area contributed by atoms with Gasteiger partial charge in [0.2, 0.25) is 0 Å². The van der Waals surface area contributed by atoms with Crippen LogP contribution in [0.3, 0.4) is 0 Å². The van der Waals surface area contributed by atoms with E-state index in [1.165, 1.54) is 30.6 Å². The van der Waals surface area contributed by atoms with E-state index in [9.17, 15) is 0 Å². The molecule has 0 rings (SSSR count). The number of hydrogen-bond acceptors (Lipinski definition) is 1. The van der Waals surface area contributed by atoms with E-state index >= 15 is 0 Å². The summed E-state index contributed by atoms with van der Waals surface area (Å²) in [5, 5.41) is 0. The summed E-state index contributed by atoms with van der Waals surface area (Å²) in [5.74, 6) is 1.19. The van der Waals surface area contributed by atoms with Crippen LogP contribution in [-0.2, 0) is 0 Å². The second-order valence-electron chi connectivity index (χ2n) is 2.32. The summed E-state index contributed by atoms with van der Waals surface area (Å²) in [6, 6.07) is 0. The van der Waals surface area contributed by atoms with Gasteiger partial charge in [-0.2, -0.15) is 11.8 Å². The summed E-state index contributed by atoms with van der Waals surface area (Å²) in [6.45, 7) is 5.91. The fourth-order valence-corrected chi connectivity index (χ4v) is 1.04. The Hall–Kier alpha value is 0.0900. The zero-order valence-electron chi connectivity index (χ0n) is 6.15. The molecule has 0 atom stereocenters. The third-order valence-corrected chi connectivity index (χ3v) is 1.72. The molecule has 0 aromatic carbocycles. The Kier molecular flexibility index (Phi) is 6.28. The molecule has 53 valence electrons. The highest BCUT2D eigenvalue weighted by Gasteiger charge is 1.86. The van der Waals surface area contributed by atoms with E-state index in [1.807, 2.05) is 0 Å². The summed E-state index contributed by atoms with van der Waals surface area (Å²) < 4.78 is 0. The van der Waals surface area contributed by atoms with Gasteiger partial charge in [0.15, 0.2) is 0 Å². The first-order valence-corrected chi connectivity index (χ1v) is 4.44. The van der Waals surface area contributed by atoms with Crippen molar-refractivity contribution in [3.8, 4) is 0 Å². The van der Waals surface area contributed by atoms with E-state index in [2.05, 4.69) is 19.8 Å². The van der Waals surface area contributed by atoms with Crippen LogP contribution < -0.4 is 0 Å². The predicted octanol–water partition coefficient (Wildman–Crippen LogP) is 3.26. The number of allylic oxidation sites excluding steroid dienone is 1. The lowest BCUT2D eigenvalue weighted by atomic mass is 10.2. The number of thioether (sulfide) groups is 1. The highest BCUT2D eigenvalue weighted by molar-refractivity contribution is 8.00. The quantitative estimate of drug-likeness (QED) is 0.420. The Labute approximate surface area is 62.7 Å². The second-order valence-corrected chi connectivity index (χ2v) is 3.14. The molecular formula is C8H15S. The first-order chi connectivity index (χ1) is 4.27. The topological polar surface area (TPSA) is 0 Å². The standard InChI is InChI=1S/C8H15S/c1-8(2)6-4-5-7-9-3/h1,3-7H2,2H3. The van der Waals surface area contributed by atoms with Crippen LogP contribution >= 0.6 is 11.8 Å². The maximum atomic E-state index is 3.83. The molecule has 0 fully saturated rings. The van der Waals surface area contributed by atoms with Crippen molar-refractivity contribution in [3.63, 3.8) is 0 Å². The molecule has 0 N–H and O–H groups in total. The van der Waals surface area contributed by atoms with Gasteiger partial charge in [0.25, 0.3) is 0 Å². The van der Waals surface area contributed by atoms with Crippen LogP contribution in [0.25, 0.3) is 0 Å². The van der Waals surface area contributed by atoms with Crippen LogP contribution in [0, 0.1) is 6.26 Å². The van der Waals surface area contributed by atoms with Gasteiger partial charge in [-0.1, -0.05) is 5.57 Å². The molecular weight excluding hydrogens is 128 g/mol. The zero-order valence-corrected chi connectivity index (χ0v) is 6.97. The van der Waals surface area contributed by atoms with E-state index in [0.29, 0.717) is 0 Å². The lowest BCUT2D eigenvalue weighted by molar-refractivity contribution is 0.797. The molecule has 0 aliphatic carbocycles. The van der Waals surface area contributed by atoms with Crippen molar-refractivity contribution in [2.75, 3.05) is 5.75 Å². The SMILES string of the molecule is [CH2]SCCCCC(=C)C. The molecule has 0 bridgehead atoms. The van der Waals surface area contributed by atoms with E-state index in [1.54, 1.807) is 11.8 Å². The van der Waals surface area contributed by atoms with Crippen LogP contribution in [0.5, 0.6) is 0 Å². The number of rotatable bonds is 5. The molecule has 0 saturated heterocycles. The van der Waals surface area contributed by atoms with E-state index in [0.717, 1.165) is 0 Å². The highest BCUT2D eigenvalue weighted by Crippen LogP contribution is 2.07. The smallest absolute Gasteiger partial charge is 0.00235 e. The average molecular weight is 143 g/mol. The molecule has 0 aromatic rings. The molecule has 0 aliphatic heterocycles. The van der Waals surface area contributed by atoms with Crippen LogP contribution in [0.4, 0.5) is 0 Å². The van der Waals surface area contributed by atoms with Crippen molar-refractivity contribution in [2.24, 2.45) is 0 Å². The summed E-state index contributed by atoms with van der Waals surface area (Å²) in [7, 11) is 0. The molecule has 0 spiro atoms. The molecule has 0 nitrogen and oxygen atoms in total. The van der Waals surface area contributed by atoms with Gasteiger partial charge < -0.3 is 0 Å². The maximum absolute atomic E-state index is 3.83. The average Bonchev–Trinajstić information content (AvgIpc) is 1.80. The molecule has 1 radical (unpaired) electrons. The molecule has 0 amide bonds. The molecule has 0 unspecified atom stereocenters. The summed E-state index contributed by atoms with van der Waals surface area (Å²) >= 11 is 1.67. The van der Waals surface area contributed by atoms with Gasteiger partial charge in [-0.15, -0.1) is 6.58 Å². The Bertz CT molecular complexity index is 76.6. The van der Waals surface area contributed by atoms with Crippen molar-refractivity contribution < 1.29 is 0 Å². The molecule has 0 heterocycles. The number of unbranched alkanes of at least 4 members (excludes halogenated alkanes) is 1. The largest absolute Gasteiger partial charge is 0.161 e. The molecule has 0 aromatic heterocycles. The van der Waals surface area contributed by atoms with Crippen LogP contribution in [0.1, 0.15) is 26.2 Å². The van der Waals surface area contributed by atoms with Crippen molar-refractivity contribution in [1.29, 1.82) is 0 Å². The highest BCUT2D eigenvalue weighted by atomic mass is 32.2. The molecule has 0 saturated carbocycles. The van der Waals surface area contributed by atoms with Crippen LogP contribution in [-0.4, -0.2) is 5.75 Å². The minimum absolute atomic E-state index is 1.18. The first kappa shape index (κ1) is 9.09. The lowest BCUT2D eigenvalue weighted by Gasteiger charge is -1.96. The van der Waals surface area contributed by atoms with Crippen molar-refractivity contribution in [1.82, 2.24) is 0 Å². The Balaban J connectivity index is 2.83. The molecule has 1 heteroatoms. The summed E-state index contributed by atoms with van der Waals surface area (Å²) in [5.41, 5.74) is 1.30. The van der Waals surface area contributed by atoms with Gasteiger partial charge in [0.05, 0.1) is 0 Å². The van der Waals surface area contributed by atoms with Crippen molar-refractivity contribution in [3.05, 3.63) is 18.4 Å². The minimum Gasteiger partial charge on any atom is -0.161 e. The summed E-state index contributed by atoms with van der Waals surface area (Å²) in [4.78, 5) is 0. The first-order valence-electron chi connectivity index (χ1n) is 3.28. The van der Waals surface area contributed by atoms with Gasteiger partial charge >= 0.3 is 0 Å². The fourth-order valence-electron chi connectivity index (χ4n) is 0.631. The number of hydrogen-bond donors (Lipinski definition) is 0. The van der Waals surface area contributed by atoms with Gasteiger partial charge in [-0.05, 0) is 31.9 Å². The zero-order chi connectivity index (χ0) is 7.11. The molecule has 0 aliphatic rings. The van der Waals surface area contributed by atoms with Gasteiger partial charge in [0.1, 0.15) is 0 Å². The van der Waals surface area contributed by atoms with Crippen molar-refractivity contribution >= 4 is 11.8 Å². The second kappa shape index (κ2) is 6.21.